The van der Waals surface area contributed by atoms with Crippen molar-refractivity contribution < 1.29 is 19.0 Å². The molecule has 0 unspecified atom stereocenters. The lowest BCUT2D eigenvalue weighted by atomic mass is 10.2. The third kappa shape index (κ3) is 2.62. The first kappa shape index (κ1) is 11.6. The summed E-state index contributed by atoms with van der Waals surface area (Å²) in [6.07, 6.45) is 0. The van der Waals surface area contributed by atoms with E-state index in [1.165, 1.54) is 24.3 Å². The molecule has 2 rings (SSSR count). The molecule has 0 amide bonds. The van der Waals surface area contributed by atoms with Crippen LogP contribution in [0.1, 0.15) is 15.2 Å². The molecule has 1 aromatic carbocycles. The van der Waals surface area contributed by atoms with Gasteiger partial charge in [-0.3, -0.25) is 0 Å². The number of ether oxygens (including phenoxy) is 1. The van der Waals surface area contributed by atoms with E-state index in [1.807, 2.05) is 0 Å². The molecule has 0 aliphatic rings. The first-order valence-corrected chi connectivity index (χ1v) is 5.70. The molecule has 0 aliphatic heterocycles. The van der Waals surface area contributed by atoms with Gasteiger partial charge >= 0.3 is 5.97 Å². The van der Waals surface area contributed by atoms with E-state index in [1.54, 1.807) is 12.3 Å². The quantitative estimate of drug-likeness (QED) is 0.906. The van der Waals surface area contributed by atoms with Crippen molar-refractivity contribution in [2.24, 2.45) is 0 Å². The van der Waals surface area contributed by atoms with Crippen molar-refractivity contribution in [1.29, 1.82) is 0 Å². The highest BCUT2D eigenvalue weighted by molar-refractivity contribution is 7.12. The maximum atomic E-state index is 12.9. The molecule has 2 aromatic rings. The summed E-state index contributed by atoms with van der Waals surface area (Å²) in [7, 11) is 0. The van der Waals surface area contributed by atoms with Crippen molar-refractivity contribution in [2.75, 3.05) is 0 Å². The van der Waals surface area contributed by atoms with Crippen LogP contribution >= 0.6 is 11.3 Å². The van der Waals surface area contributed by atoms with Crippen LogP contribution in [0.3, 0.4) is 0 Å². The molecule has 0 saturated heterocycles. The maximum absolute atomic E-state index is 12.9. The van der Waals surface area contributed by atoms with Crippen molar-refractivity contribution in [3.05, 3.63) is 45.9 Å². The number of halogens is 1. The Morgan fingerprint density at radius 2 is 2.18 bits per heavy atom. The lowest BCUT2D eigenvalue weighted by Crippen LogP contribution is -1.91. The minimum atomic E-state index is -0.985. The van der Waals surface area contributed by atoms with Gasteiger partial charge in [-0.15, -0.1) is 11.3 Å². The molecular weight excluding hydrogens is 243 g/mol. The largest absolute Gasteiger partial charge is 0.477 e. The van der Waals surface area contributed by atoms with Gasteiger partial charge in [0.25, 0.3) is 0 Å². The first-order valence-electron chi connectivity index (χ1n) is 4.82. The van der Waals surface area contributed by atoms with E-state index in [0.29, 0.717) is 17.1 Å². The zero-order chi connectivity index (χ0) is 12.4. The molecule has 0 fully saturated rings. The number of hydrogen-bond acceptors (Lipinski definition) is 3. The van der Waals surface area contributed by atoms with Gasteiger partial charge in [0.2, 0.25) is 0 Å². The zero-order valence-corrected chi connectivity index (χ0v) is 9.75. The predicted molar refractivity (Wildman–Crippen MR) is 62.5 cm³/mol. The van der Waals surface area contributed by atoms with Gasteiger partial charge in [0, 0.05) is 11.4 Å². The monoisotopic (exact) mass is 252 g/mol. The fraction of sp³-hybridized carbons (Fsp3) is 0.0833. The van der Waals surface area contributed by atoms with Gasteiger partial charge in [-0.1, -0.05) is 0 Å². The minimum Gasteiger partial charge on any atom is -0.477 e. The van der Waals surface area contributed by atoms with Crippen molar-refractivity contribution >= 4 is 17.3 Å². The lowest BCUT2D eigenvalue weighted by Gasteiger charge is -2.06. The molecule has 0 saturated carbocycles. The standard InChI is InChI=1S/C12H9FO3S/c1-7-4-8(13)2-3-10(7)16-9-5-11(12(14)15)17-6-9/h2-6H,1H3,(H,14,15). The van der Waals surface area contributed by atoms with E-state index in [0.717, 1.165) is 11.3 Å². The van der Waals surface area contributed by atoms with Crippen LogP contribution < -0.4 is 4.74 Å². The normalized spacial score (nSPS) is 10.2. The molecule has 5 heteroatoms. The van der Waals surface area contributed by atoms with Gasteiger partial charge in [0.15, 0.2) is 0 Å². The second kappa shape index (κ2) is 4.55. The number of benzene rings is 1. The summed E-state index contributed by atoms with van der Waals surface area (Å²) in [5.41, 5.74) is 0.660. The molecule has 0 spiro atoms. The molecule has 17 heavy (non-hydrogen) atoms. The van der Waals surface area contributed by atoms with Crippen molar-refractivity contribution in [1.82, 2.24) is 0 Å². The molecule has 0 atom stereocenters. The third-order valence-corrected chi connectivity index (χ3v) is 3.05. The topological polar surface area (TPSA) is 46.5 Å². The van der Waals surface area contributed by atoms with E-state index >= 15 is 0 Å². The summed E-state index contributed by atoms with van der Waals surface area (Å²) in [6, 6.07) is 5.62. The highest BCUT2D eigenvalue weighted by Gasteiger charge is 2.09. The van der Waals surface area contributed by atoms with Crippen LogP contribution in [0.25, 0.3) is 0 Å². The van der Waals surface area contributed by atoms with Crippen LogP contribution in [0, 0.1) is 12.7 Å². The Balaban J connectivity index is 2.22. The van der Waals surface area contributed by atoms with E-state index in [9.17, 15) is 9.18 Å². The Hall–Kier alpha value is -1.88. The maximum Gasteiger partial charge on any atom is 0.346 e. The minimum absolute atomic E-state index is 0.208. The SMILES string of the molecule is Cc1cc(F)ccc1Oc1csc(C(=O)O)c1. The number of aromatic carboxylic acids is 1. The molecule has 0 aliphatic carbocycles. The summed E-state index contributed by atoms with van der Waals surface area (Å²) < 4.78 is 18.3. The summed E-state index contributed by atoms with van der Waals surface area (Å²) in [5, 5.41) is 10.4. The lowest BCUT2D eigenvalue weighted by molar-refractivity contribution is 0.0702. The van der Waals surface area contributed by atoms with Gasteiger partial charge in [-0.05, 0) is 30.7 Å². The second-order valence-corrected chi connectivity index (χ2v) is 4.37. The van der Waals surface area contributed by atoms with Gasteiger partial charge in [-0.2, -0.15) is 0 Å². The average molecular weight is 252 g/mol. The number of hydrogen-bond donors (Lipinski definition) is 1. The van der Waals surface area contributed by atoms with Crippen LogP contribution in [-0.2, 0) is 0 Å². The van der Waals surface area contributed by atoms with Crippen molar-refractivity contribution in [3.63, 3.8) is 0 Å². The number of thiophene rings is 1. The molecule has 0 radical (unpaired) electrons. The molecule has 1 aromatic heterocycles. The van der Waals surface area contributed by atoms with E-state index in [4.69, 9.17) is 9.84 Å². The summed E-state index contributed by atoms with van der Waals surface area (Å²) >= 11 is 1.09. The summed E-state index contributed by atoms with van der Waals surface area (Å²) in [4.78, 5) is 10.9. The van der Waals surface area contributed by atoms with Crippen molar-refractivity contribution in [2.45, 2.75) is 6.92 Å². The molecule has 1 N–H and O–H groups in total. The molecule has 0 bridgehead atoms. The number of aryl methyl sites for hydroxylation is 1. The Kier molecular flexibility index (Phi) is 3.10. The van der Waals surface area contributed by atoms with Crippen LogP contribution in [0.4, 0.5) is 4.39 Å². The van der Waals surface area contributed by atoms with Crippen LogP contribution in [0.5, 0.6) is 11.5 Å². The first-order chi connectivity index (χ1) is 8.06. The Morgan fingerprint density at radius 3 is 2.76 bits per heavy atom. The number of carboxylic acids is 1. The van der Waals surface area contributed by atoms with Crippen molar-refractivity contribution in [3.8, 4) is 11.5 Å². The van der Waals surface area contributed by atoms with Gasteiger partial charge in [0.1, 0.15) is 22.2 Å². The predicted octanol–water partition coefficient (Wildman–Crippen LogP) is 3.69. The van der Waals surface area contributed by atoms with Crippen LogP contribution in [-0.4, -0.2) is 11.1 Å². The van der Waals surface area contributed by atoms with Gasteiger partial charge < -0.3 is 9.84 Å². The number of carboxylic acid groups (broad SMARTS) is 1. The third-order valence-electron chi connectivity index (χ3n) is 2.15. The highest BCUT2D eigenvalue weighted by atomic mass is 32.1. The Bertz CT molecular complexity index is 563. The summed E-state index contributed by atoms with van der Waals surface area (Å²) in [5.74, 6) is -0.352. The number of rotatable bonds is 3. The van der Waals surface area contributed by atoms with Gasteiger partial charge in [0.05, 0.1) is 0 Å². The summed E-state index contributed by atoms with van der Waals surface area (Å²) in [6.45, 7) is 1.73. The van der Waals surface area contributed by atoms with E-state index in [2.05, 4.69) is 0 Å². The Morgan fingerprint density at radius 1 is 1.41 bits per heavy atom. The van der Waals surface area contributed by atoms with E-state index in [-0.39, 0.29) is 10.7 Å². The van der Waals surface area contributed by atoms with Crippen LogP contribution in [0.15, 0.2) is 29.6 Å². The fourth-order valence-corrected chi connectivity index (χ4v) is 1.98. The molecule has 88 valence electrons. The number of carbonyl (C=O) groups is 1. The molecule has 3 nitrogen and oxygen atoms in total. The smallest absolute Gasteiger partial charge is 0.346 e. The zero-order valence-electron chi connectivity index (χ0n) is 8.94. The second-order valence-electron chi connectivity index (χ2n) is 3.46. The molecule has 1 heterocycles. The van der Waals surface area contributed by atoms with Crippen LogP contribution in [0.2, 0.25) is 0 Å². The Labute approximate surface area is 101 Å². The average Bonchev–Trinajstić information content (AvgIpc) is 2.71. The molecular formula is C12H9FO3S. The highest BCUT2D eigenvalue weighted by Crippen LogP contribution is 2.29. The fourth-order valence-electron chi connectivity index (χ4n) is 1.34. The van der Waals surface area contributed by atoms with E-state index < -0.39 is 5.97 Å². The van der Waals surface area contributed by atoms with Gasteiger partial charge in [-0.25, -0.2) is 9.18 Å².